The normalized spacial score (nSPS) is 16.9. The zero-order valence-electron chi connectivity index (χ0n) is 15.8. The van der Waals surface area contributed by atoms with Gasteiger partial charge in [0.05, 0.1) is 10.9 Å². The maximum absolute atomic E-state index is 13.5. The number of aliphatic hydroxyl groups excluding tert-OH is 1. The molecular weight excluding hydrogens is 405 g/mol. The molecule has 30 heavy (non-hydrogen) atoms. The molecular formula is C23H18FNO4S. The van der Waals surface area contributed by atoms with Gasteiger partial charge in [0, 0.05) is 6.54 Å². The molecule has 0 saturated carbocycles. The van der Waals surface area contributed by atoms with Crippen LogP contribution in [0.15, 0.2) is 100 Å². The van der Waals surface area contributed by atoms with Crippen LogP contribution in [0.4, 0.5) is 4.39 Å². The van der Waals surface area contributed by atoms with Gasteiger partial charge in [0.2, 0.25) is 9.84 Å². The number of benzene rings is 3. The second kappa shape index (κ2) is 7.76. The Labute approximate surface area is 173 Å². The number of carbonyl (C=O) groups is 1. The summed E-state index contributed by atoms with van der Waals surface area (Å²) in [5, 5.41) is 10.6. The van der Waals surface area contributed by atoms with Gasteiger partial charge >= 0.3 is 0 Å². The summed E-state index contributed by atoms with van der Waals surface area (Å²) in [6.07, 6.45) is 0. The number of nitrogens with zero attached hydrogens (tertiary/aromatic N) is 1. The average molecular weight is 423 g/mol. The SMILES string of the molecule is O=C1C(O)=C(S(=O)(=O)c2ccccc2)C(c2ccc(F)cc2)N1Cc1ccccc1. The van der Waals surface area contributed by atoms with Crippen molar-refractivity contribution in [1.82, 2.24) is 4.90 Å². The molecule has 1 aliphatic heterocycles. The molecule has 0 fully saturated rings. The van der Waals surface area contributed by atoms with Crippen molar-refractivity contribution in [3.05, 3.63) is 113 Å². The van der Waals surface area contributed by atoms with Gasteiger partial charge in [-0.2, -0.15) is 0 Å². The lowest BCUT2D eigenvalue weighted by atomic mass is 10.1. The van der Waals surface area contributed by atoms with Crippen molar-refractivity contribution in [3.8, 4) is 0 Å². The molecule has 0 saturated heterocycles. The van der Waals surface area contributed by atoms with Crippen molar-refractivity contribution in [1.29, 1.82) is 0 Å². The number of sulfone groups is 1. The lowest BCUT2D eigenvalue weighted by Gasteiger charge is -2.27. The molecule has 1 aliphatic rings. The molecule has 1 heterocycles. The van der Waals surface area contributed by atoms with Crippen molar-refractivity contribution in [2.45, 2.75) is 17.5 Å². The topological polar surface area (TPSA) is 74.7 Å². The molecule has 4 rings (SSSR count). The van der Waals surface area contributed by atoms with E-state index in [4.69, 9.17) is 0 Å². The van der Waals surface area contributed by atoms with Crippen molar-refractivity contribution < 1.29 is 22.7 Å². The highest BCUT2D eigenvalue weighted by Gasteiger charge is 2.46. The Morgan fingerprint density at radius 3 is 2.03 bits per heavy atom. The molecule has 5 nitrogen and oxygen atoms in total. The fraction of sp³-hybridized carbons (Fsp3) is 0.0870. The highest BCUT2D eigenvalue weighted by atomic mass is 32.2. The number of carbonyl (C=O) groups excluding carboxylic acids is 1. The van der Waals surface area contributed by atoms with E-state index in [1.54, 1.807) is 42.5 Å². The zero-order chi connectivity index (χ0) is 21.3. The summed E-state index contributed by atoms with van der Waals surface area (Å²) in [6.45, 7) is 0.0829. The fourth-order valence-corrected chi connectivity index (χ4v) is 5.22. The van der Waals surface area contributed by atoms with E-state index >= 15 is 0 Å². The first-order chi connectivity index (χ1) is 14.4. The van der Waals surface area contributed by atoms with Crippen LogP contribution in [0.5, 0.6) is 0 Å². The van der Waals surface area contributed by atoms with Gasteiger partial charge < -0.3 is 10.0 Å². The fourth-order valence-electron chi connectivity index (χ4n) is 3.55. The molecule has 0 bridgehead atoms. The molecule has 0 aromatic heterocycles. The summed E-state index contributed by atoms with van der Waals surface area (Å²) in [5.74, 6) is -2.09. The first-order valence-corrected chi connectivity index (χ1v) is 10.7. The Kier molecular flexibility index (Phi) is 5.13. The lowest BCUT2D eigenvalue weighted by molar-refractivity contribution is -0.130. The predicted octanol–water partition coefficient (Wildman–Crippen LogP) is 4.15. The van der Waals surface area contributed by atoms with E-state index in [1.165, 1.54) is 41.3 Å². The number of rotatable bonds is 5. The third-order valence-corrected chi connectivity index (χ3v) is 6.87. The highest BCUT2D eigenvalue weighted by molar-refractivity contribution is 7.95. The summed E-state index contributed by atoms with van der Waals surface area (Å²) in [4.78, 5) is 13.8. The Morgan fingerprint density at radius 1 is 0.867 bits per heavy atom. The zero-order valence-corrected chi connectivity index (χ0v) is 16.6. The van der Waals surface area contributed by atoms with Gasteiger partial charge in [-0.3, -0.25) is 4.79 Å². The minimum absolute atomic E-state index is 0.0342. The van der Waals surface area contributed by atoms with Crippen molar-refractivity contribution in [2.75, 3.05) is 0 Å². The Balaban J connectivity index is 1.86. The van der Waals surface area contributed by atoms with Crippen molar-refractivity contribution >= 4 is 15.7 Å². The summed E-state index contributed by atoms with van der Waals surface area (Å²) in [7, 11) is -4.18. The van der Waals surface area contributed by atoms with E-state index in [0.717, 1.165) is 5.56 Å². The van der Waals surface area contributed by atoms with Gasteiger partial charge in [-0.25, -0.2) is 12.8 Å². The van der Waals surface area contributed by atoms with Gasteiger partial charge in [-0.1, -0.05) is 60.7 Å². The number of hydrogen-bond donors (Lipinski definition) is 1. The van der Waals surface area contributed by atoms with E-state index in [1.807, 2.05) is 6.07 Å². The molecule has 3 aromatic carbocycles. The van der Waals surface area contributed by atoms with E-state index in [0.29, 0.717) is 5.56 Å². The summed E-state index contributed by atoms with van der Waals surface area (Å²) in [5.41, 5.74) is 1.16. The molecule has 152 valence electrons. The lowest BCUT2D eigenvalue weighted by Crippen LogP contribution is -2.30. The second-order valence-corrected chi connectivity index (χ2v) is 8.82. The highest BCUT2D eigenvalue weighted by Crippen LogP contribution is 2.43. The minimum atomic E-state index is -4.18. The van der Waals surface area contributed by atoms with Crippen LogP contribution in [0, 0.1) is 5.82 Å². The van der Waals surface area contributed by atoms with E-state index in [9.17, 15) is 22.7 Å². The van der Waals surface area contributed by atoms with Crippen molar-refractivity contribution in [3.63, 3.8) is 0 Å². The second-order valence-electron chi connectivity index (χ2n) is 6.90. The Morgan fingerprint density at radius 2 is 1.43 bits per heavy atom. The third-order valence-electron chi connectivity index (χ3n) is 4.98. The van der Waals surface area contributed by atoms with Crippen LogP contribution in [0.3, 0.4) is 0 Å². The Bertz CT molecular complexity index is 1210. The van der Waals surface area contributed by atoms with Gasteiger partial charge in [0.1, 0.15) is 10.7 Å². The first kappa shape index (κ1) is 19.8. The van der Waals surface area contributed by atoms with E-state index in [2.05, 4.69) is 0 Å². The molecule has 0 aliphatic carbocycles. The largest absolute Gasteiger partial charge is 0.502 e. The predicted molar refractivity (Wildman–Crippen MR) is 109 cm³/mol. The van der Waals surface area contributed by atoms with Gasteiger partial charge in [-0.05, 0) is 35.4 Å². The summed E-state index contributed by atoms with van der Waals surface area (Å²) >= 11 is 0. The number of hydrogen-bond acceptors (Lipinski definition) is 4. The van der Waals surface area contributed by atoms with Crippen LogP contribution >= 0.6 is 0 Å². The first-order valence-electron chi connectivity index (χ1n) is 9.23. The Hall–Kier alpha value is -3.45. The summed E-state index contributed by atoms with van der Waals surface area (Å²) in [6, 6.07) is 20.8. The quantitative estimate of drug-likeness (QED) is 0.669. The molecule has 3 aromatic rings. The van der Waals surface area contributed by atoms with Gasteiger partial charge in [-0.15, -0.1) is 0 Å². The summed E-state index contributed by atoms with van der Waals surface area (Å²) < 4.78 is 40.2. The van der Waals surface area contributed by atoms with E-state index in [-0.39, 0.29) is 11.4 Å². The maximum atomic E-state index is 13.5. The van der Waals surface area contributed by atoms with Crippen LogP contribution < -0.4 is 0 Å². The van der Waals surface area contributed by atoms with Crippen molar-refractivity contribution in [2.24, 2.45) is 0 Å². The molecule has 1 unspecified atom stereocenters. The van der Waals surface area contributed by atoms with Crippen LogP contribution in [-0.4, -0.2) is 24.3 Å². The van der Waals surface area contributed by atoms with Crippen LogP contribution in [0.2, 0.25) is 0 Å². The van der Waals surface area contributed by atoms with Crippen LogP contribution in [0.25, 0.3) is 0 Å². The van der Waals surface area contributed by atoms with Gasteiger partial charge in [0.25, 0.3) is 5.91 Å². The number of amides is 1. The molecule has 0 spiro atoms. The molecule has 1 atom stereocenters. The number of halogens is 1. The minimum Gasteiger partial charge on any atom is -0.502 e. The van der Waals surface area contributed by atoms with Crippen LogP contribution in [-0.2, 0) is 21.2 Å². The van der Waals surface area contributed by atoms with Crippen LogP contribution in [0.1, 0.15) is 17.2 Å². The van der Waals surface area contributed by atoms with E-state index < -0.39 is 38.3 Å². The third kappa shape index (κ3) is 3.48. The molecule has 1 amide bonds. The molecule has 0 radical (unpaired) electrons. The average Bonchev–Trinajstić information content (AvgIpc) is 3.01. The molecule has 1 N–H and O–H groups in total. The van der Waals surface area contributed by atoms with Gasteiger partial charge in [0.15, 0.2) is 5.76 Å². The molecule has 7 heteroatoms. The maximum Gasteiger partial charge on any atom is 0.290 e. The monoisotopic (exact) mass is 423 g/mol. The number of aliphatic hydroxyl groups is 1. The smallest absolute Gasteiger partial charge is 0.290 e. The standard InChI is InChI=1S/C23H18FNO4S/c24-18-13-11-17(12-14-18)20-22(30(28,29)19-9-5-2-6-10-19)21(26)23(27)25(20)15-16-7-3-1-4-8-16/h1-14,20,26H,15H2.